The molecule has 22 heavy (non-hydrogen) atoms. The number of nitrogens with zero attached hydrogens (tertiary/aromatic N) is 1. The molecular weight excluding hydrogens is 272 g/mol. The van der Waals surface area contributed by atoms with E-state index in [2.05, 4.69) is 48.4 Å². The second-order valence-electron chi connectivity index (χ2n) is 6.54. The third-order valence-corrected chi connectivity index (χ3v) is 3.90. The van der Waals surface area contributed by atoms with Crippen LogP contribution in [0.15, 0.2) is 48.8 Å². The summed E-state index contributed by atoms with van der Waals surface area (Å²) in [5, 5.41) is 12.7. The van der Waals surface area contributed by atoms with Crippen LogP contribution in [0.1, 0.15) is 32.3 Å². The fourth-order valence-electron chi connectivity index (χ4n) is 2.41. The standard InChI is InChI=1S/C19H26N2O/c1-19(2,15-22)9-4-10-21-14-16-5-3-6-18(13-16)17-7-11-20-12-8-17/h3,5-8,11-13,21-22H,4,9-10,14-15H2,1-2H3. The minimum absolute atomic E-state index is 0.0307. The van der Waals surface area contributed by atoms with Gasteiger partial charge in [0.2, 0.25) is 0 Å². The quantitative estimate of drug-likeness (QED) is 0.731. The number of nitrogens with one attached hydrogen (secondary N) is 1. The lowest BCUT2D eigenvalue weighted by molar-refractivity contribution is 0.148. The van der Waals surface area contributed by atoms with Crippen LogP contribution in [0.4, 0.5) is 0 Å². The predicted octanol–water partition coefficient (Wildman–Crippen LogP) is 3.64. The largest absolute Gasteiger partial charge is 0.396 e. The SMILES string of the molecule is CC(C)(CO)CCCNCc1cccc(-c2ccncc2)c1. The van der Waals surface area contributed by atoms with Gasteiger partial charge in [-0.2, -0.15) is 0 Å². The van der Waals surface area contributed by atoms with Crippen molar-refractivity contribution < 1.29 is 5.11 Å². The fourth-order valence-corrected chi connectivity index (χ4v) is 2.41. The van der Waals surface area contributed by atoms with Crippen molar-refractivity contribution in [2.75, 3.05) is 13.2 Å². The summed E-state index contributed by atoms with van der Waals surface area (Å²) in [5.74, 6) is 0. The van der Waals surface area contributed by atoms with Gasteiger partial charge in [-0.3, -0.25) is 4.98 Å². The monoisotopic (exact) mass is 298 g/mol. The molecule has 1 heterocycles. The number of rotatable bonds is 8. The molecule has 0 aliphatic heterocycles. The Kier molecular flexibility index (Phi) is 6.10. The molecule has 3 heteroatoms. The van der Waals surface area contributed by atoms with Crippen LogP contribution in [0.5, 0.6) is 0 Å². The minimum Gasteiger partial charge on any atom is -0.396 e. The van der Waals surface area contributed by atoms with Crippen molar-refractivity contribution in [1.82, 2.24) is 10.3 Å². The van der Waals surface area contributed by atoms with Crippen LogP contribution in [0.25, 0.3) is 11.1 Å². The molecule has 0 saturated carbocycles. The summed E-state index contributed by atoms with van der Waals surface area (Å²) in [6.45, 7) is 6.30. The first-order chi connectivity index (χ1) is 10.6. The average Bonchev–Trinajstić information content (AvgIpc) is 2.55. The molecule has 0 fully saturated rings. The number of aliphatic hydroxyl groups is 1. The number of hydrogen-bond acceptors (Lipinski definition) is 3. The molecule has 0 spiro atoms. The van der Waals surface area contributed by atoms with E-state index in [1.54, 1.807) is 0 Å². The summed E-state index contributed by atoms with van der Waals surface area (Å²) < 4.78 is 0. The Morgan fingerprint density at radius 1 is 1.09 bits per heavy atom. The molecule has 118 valence electrons. The number of pyridine rings is 1. The van der Waals surface area contributed by atoms with Crippen LogP contribution >= 0.6 is 0 Å². The van der Waals surface area contributed by atoms with Gasteiger partial charge in [0.15, 0.2) is 0 Å². The van der Waals surface area contributed by atoms with E-state index in [1.807, 2.05) is 24.5 Å². The molecule has 0 atom stereocenters. The number of aliphatic hydroxyl groups excluding tert-OH is 1. The molecule has 2 N–H and O–H groups in total. The minimum atomic E-state index is 0.0307. The first-order valence-corrected chi connectivity index (χ1v) is 7.92. The first-order valence-electron chi connectivity index (χ1n) is 7.92. The van der Waals surface area contributed by atoms with Gasteiger partial charge < -0.3 is 10.4 Å². The van der Waals surface area contributed by atoms with E-state index in [0.717, 1.165) is 25.9 Å². The van der Waals surface area contributed by atoms with E-state index >= 15 is 0 Å². The molecule has 2 aromatic rings. The number of benzene rings is 1. The molecule has 0 amide bonds. The molecule has 1 aromatic heterocycles. The van der Waals surface area contributed by atoms with Crippen LogP contribution in [0, 0.1) is 5.41 Å². The van der Waals surface area contributed by atoms with Gasteiger partial charge in [-0.15, -0.1) is 0 Å². The molecule has 0 radical (unpaired) electrons. The highest BCUT2D eigenvalue weighted by atomic mass is 16.3. The van der Waals surface area contributed by atoms with E-state index < -0.39 is 0 Å². The Hall–Kier alpha value is -1.71. The highest BCUT2D eigenvalue weighted by Crippen LogP contribution is 2.21. The van der Waals surface area contributed by atoms with Crippen molar-refractivity contribution >= 4 is 0 Å². The van der Waals surface area contributed by atoms with Crippen LogP contribution in [-0.2, 0) is 6.54 Å². The normalized spacial score (nSPS) is 11.6. The first kappa shape index (κ1) is 16.7. The second-order valence-corrected chi connectivity index (χ2v) is 6.54. The van der Waals surface area contributed by atoms with E-state index in [0.29, 0.717) is 0 Å². The van der Waals surface area contributed by atoms with Crippen LogP contribution in [0.2, 0.25) is 0 Å². The van der Waals surface area contributed by atoms with E-state index in [9.17, 15) is 5.11 Å². The lowest BCUT2D eigenvalue weighted by Crippen LogP contribution is -2.20. The van der Waals surface area contributed by atoms with Gasteiger partial charge >= 0.3 is 0 Å². The fraction of sp³-hybridized carbons (Fsp3) is 0.421. The van der Waals surface area contributed by atoms with Crippen LogP contribution < -0.4 is 5.32 Å². The van der Waals surface area contributed by atoms with Crippen LogP contribution in [0.3, 0.4) is 0 Å². The van der Waals surface area contributed by atoms with Gasteiger partial charge in [0, 0.05) is 25.5 Å². The highest BCUT2D eigenvalue weighted by Gasteiger charge is 2.15. The molecule has 2 rings (SSSR count). The molecule has 1 aromatic carbocycles. The summed E-state index contributed by atoms with van der Waals surface area (Å²) in [7, 11) is 0. The van der Waals surface area contributed by atoms with Crippen molar-refractivity contribution in [1.29, 1.82) is 0 Å². The molecule has 0 aliphatic carbocycles. The number of aromatic nitrogens is 1. The Labute approximate surface area is 133 Å². The van der Waals surface area contributed by atoms with Gasteiger partial charge in [0.05, 0.1) is 0 Å². The summed E-state index contributed by atoms with van der Waals surface area (Å²) in [6.07, 6.45) is 5.76. The van der Waals surface area contributed by atoms with Gasteiger partial charge in [-0.05, 0) is 59.7 Å². The zero-order chi connectivity index (χ0) is 15.8. The van der Waals surface area contributed by atoms with Crippen molar-refractivity contribution in [3.8, 4) is 11.1 Å². The molecule has 0 saturated heterocycles. The van der Waals surface area contributed by atoms with Crippen molar-refractivity contribution in [2.45, 2.75) is 33.2 Å². The van der Waals surface area contributed by atoms with E-state index in [4.69, 9.17) is 0 Å². The average molecular weight is 298 g/mol. The van der Waals surface area contributed by atoms with Gasteiger partial charge in [0.1, 0.15) is 0 Å². The molecule has 0 aliphatic rings. The Bertz CT molecular complexity index is 567. The Morgan fingerprint density at radius 2 is 1.86 bits per heavy atom. The van der Waals surface area contributed by atoms with Crippen molar-refractivity contribution in [3.63, 3.8) is 0 Å². The predicted molar refractivity (Wildman–Crippen MR) is 91.5 cm³/mol. The summed E-state index contributed by atoms with van der Waals surface area (Å²) in [6, 6.07) is 12.7. The van der Waals surface area contributed by atoms with Gasteiger partial charge in [-0.1, -0.05) is 32.0 Å². The highest BCUT2D eigenvalue weighted by molar-refractivity contribution is 5.63. The third kappa shape index (κ3) is 5.24. The van der Waals surface area contributed by atoms with E-state index in [1.165, 1.54) is 16.7 Å². The van der Waals surface area contributed by atoms with E-state index in [-0.39, 0.29) is 12.0 Å². The Morgan fingerprint density at radius 3 is 2.59 bits per heavy atom. The second kappa shape index (κ2) is 8.06. The lowest BCUT2D eigenvalue weighted by atomic mass is 9.89. The molecular formula is C19H26N2O. The summed E-state index contributed by atoms with van der Waals surface area (Å²) >= 11 is 0. The summed E-state index contributed by atoms with van der Waals surface area (Å²) in [4.78, 5) is 4.06. The van der Waals surface area contributed by atoms with Gasteiger partial charge in [-0.25, -0.2) is 0 Å². The molecule has 0 unspecified atom stereocenters. The molecule has 3 nitrogen and oxygen atoms in total. The number of hydrogen-bond donors (Lipinski definition) is 2. The summed E-state index contributed by atoms with van der Waals surface area (Å²) in [5.41, 5.74) is 3.74. The lowest BCUT2D eigenvalue weighted by Gasteiger charge is -2.21. The van der Waals surface area contributed by atoms with Gasteiger partial charge in [0.25, 0.3) is 0 Å². The topological polar surface area (TPSA) is 45.1 Å². The maximum atomic E-state index is 9.24. The smallest absolute Gasteiger partial charge is 0.0482 e. The molecule has 0 bridgehead atoms. The third-order valence-electron chi connectivity index (χ3n) is 3.90. The maximum Gasteiger partial charge on any atom is 0.0482 e. The Balaban J connectivity index is 1.82. The van der Waals surface area contributed by atoms with Crippen molar-refractivity contribution in [2.24, 2.45) is 5.41 Å². The van der Waals surface area contributed by atoms with Crippen LogP contribution in [-0.4, -0.2) is 23.2 Å². The zero-order valence-corrected chi connectivity index (χ0v) is 13.5. The van der Waals surface area contributed by atoms with Crippen molar-refractivity contribution in [3.05, 3.63) is 54.4 Å². The maximum absolute atomic E-state index is 9.24. The zero-order valence-electron chi connectivity index (χ0n) is 13.5.